The molecule has 1 heterocycles. The van der Waals surface area contributed by atoms with E-state index in [1.165, 1.54) is 0 Å². The number of hydroxylamine groups is 2. The van der Waals surface area contributed by atoms with E-state index >= 15 is 0 Å². The number of aliphatic carboxylic acids is 1. The zero-order valence-electron chi connectivity index (χ0n) is 6.76. The van der Waals surface area contributed by atoms with Crippen molar-refractivity contribution in [1.82, 2.24) is 0 Å². The molecule has 0 aromatic heterocycles. The average Bonchev–Trinajstić information content (AvgIpc) is 2.09. The Hall–Kier alpha value is -0.610. The van der Waals surface area contributed by atoms with E-state index in [1.54, 1.807) is 13.8 Å². The lowest BCUT2D eigenvalue weighted by Crippen LogP contribution is -3.17. The van der Waals surface area contributed by atoms with Crippen LogP contribution in [0.1, 0.15) is 26.7 Å². The van der Waals surface area contributed by atoms with Crippen molar-refractivity contribution < 1.29 is 15.0 Å². The van der Waals surface area contributed by atoms with Gasteiger partial charge in [0.05, 0.1) is 5.54 Å². The van der Waals surface area contributed by atoms with E-state index in [0.717, 1.165) is 0 Å². The van der Waals surface area contributed by atoms with Gasteiger partial charge in [-0.1, -0.05) is 0 Å². The van der Waals surface area contributed by atoms with E-state index < -0.39 is 17.6 Å². The van der Waals surface area contributed by atoms with Crippen LogP contribution in [0.4, 0.5) is 0 Å². The van der Waals surface area contributed by atoms with E-state index in [9.17, 15) is 10.0 Å². The van der Waals surface area contributed by atoms with Crippen molar-refractivity contribution in [3.63, 3.8) is 0 Å². The average molecular weight is 159 g/mol. The fourth-order valence-corrected chi connectivity index (χ4v) is 1.47. The molecule has 0 amide bonds. The Labute approximate surface area is 65.4 Å². The van der Waals surface area contributed by atoms with Gasteiger partial charge >= 0.3 is 5.97 Å². The van der Waals surface area contributed by atoms with Crippen LogP contribution < -0.4 is 5.06 Å². The van der Waals surface area contributed by atoms with Crippen LogP contribution >= 0.6 is 0 Å². The molecule has 0 aromatic carbocycles. The maximum Gasteiger partial charge on any atom is 0.362 e. The minimum Gasteiger partial charge on any atom is -0.633 e. The number of hydrogen-bond acceptors (Lipinski definition) is 2. The molecule has 4 heteroatoms. The number of hydrogen-bond donors (Lipinski definition) is 2. The van der Waals surface area contributed by atoms with Crippen molar-refractivity contribution in [2.24, 2.45) is 0 Å². The summed E-state index contributed by atoms with van der Waals surface area (Å²) in [6.07, 6.45) is 1.20. The van der Waals surface area contributed by atoms with Crippen molar-refractivity contribution in [2.45, 2.75) is 38.3 Å². The lowest BCUT2D eigenvalue weighted by Gasteiger charge is -2.33. The molecule has 0 aromatic rings. The SMILES string of the molecule is CC1(C)CC[C@@H](C(=O)O)[NH+]1[O-]. The molecule has 1 fully saturated rings. The van der Waals surface area contributed by atoms with Crippen LogP contribution in [0.15, 0.2) is 0 Å². The summed E-state index contributed by atoms with van der Waals surface area (Å²) in [6.45, 7) is 3.61. The molecule has 2 atom stereocenters. The summed E-state index contributed by atoms with van der Waals surface area (Å²) in [5.74, 6) is -0.972. The van der Waals surface area contributed by atoms with Crippen LogP contribution in [-0.2, 0) is 4.79 Å². The van der Waals surface area contributed by atoms with Gasteiger partial charge in [0.25, 0.3) is 0 Å². The van der Waals surface area contributed by atoms with Gasteiger partial charge in [-0.15, -0.1) is 0 Å². The number of carbonyl (C=O) groups is 1. The highest BCUT2D eigenvalue weighted by Crippen LogP contribution is 2.16. The predicted octanol–water partition coefficient (Wildman–Crippen LogP) is -0.605. The molecule has 0 radical (unpaired) electrons. The molecule has 1 aliphatic heterocycles. The first-order valence-electron chi connectivity index (χ1n) is 3.72. The molecular formula is C7H13NO3. The van der Waals surface area contributed by atoms with Crippen molar-refractivity contribution in [3.05, 3.63) is 5.21 Å². The highest BCUT2D eigenvalue weighted by atomic mass is 16.5. The largest absolute Gasteiger partial charge is 0.633 e. The second-order valence-electron chi connectivity index (χ2n) is 3.68. The van der Waals surface area contributed by atoms with Gasteiger partial charge in [0.2, 0.25) is 0 Å². The molecule has 0 aliphatic carbocycles. The first-order valence-corrected chi connectivity index (χ1v) is 3.72. The summed E-state index contributed by atoms with van der Waals surface area (Å²) in [7, 11) is 0. The summed E-state index contributed by atoms with van der Waals surface area (Å²) in [6, 6.07) is -0.745. The van der Waals surface area contributed by atoms with Crippen LogP contribution in [0.2, 0.25) is 0 Å². The lowest BCUT2D eigenvalue weighted by atomic mass is 10.0. The third-order valence-electron chi connectivity index (χ3n) is 2.34. The molecule has 1 rings (SSSR count). The minimum atomic E-state index is -0.972. The summed E-state index contributed by atoms with van der Waals surface area (Å²) in [5.41, 5.74) is -0.414. The Morgan fingerprint density at radius 3 is 2.45 bits per heavy atom. The molecule has 4 nitrogen and oxygen atoms in total. The molecule has 0 spiro atoms. The van der Waals surface area contributed by atoms with Gasteiger partial charge < -0.3 is 15.4 Å². The fourth-order valence-electron chi connectivity index (χ4n) is 1.47. The van der Waals surface area contributed by atoms with Gasteiger partial charge in [0.1, 0.15) is 0 Å². The van der Waals surface area contributed by atoms with Gasteiger partial charge in [0.15, 0.2) is 6.04 Å². The molecule has 2 N–H and O–H groups in total. The number of carboxylic acid groups (broad SMARTS) is 1. The number of carboxylic acids is 1. The van der Waals surface area contributed by atoms with E-state index in [2.05, 4.69) is 0 Å². The Morgan fingerprint density at radius 1 is 1.73 bits per heavy atom. The van der Waals surface area contributed by atoms with Gasteiger partial charge in [-0.05, 0) is 13.8 Å². The highest BCUT2D eigenvalue weighted by Gasteiger charge is 2.42. The third kappa shape index (κ3) is 1.36. The third-order valence-corrected chi connectivity index (χ3v) is 2.34. The molecule has 1 aliphatic rings. The molecule has 1 saturated heterocycles. The highest BCUT2D eigenvalue weighted by molar-refractivity contribution is 5.72. The van der Waals surface area contributed by atoms with Gasteiger partial charge in [-0.2, -0.15) is 0 Å². The smallest absolute Gasteiger partial charge is 0.362 e. The number of quaternary nitrogens is 1. The first kappa shape index (κ1) is 8.49. The van der Waals surface area contributed by atoms with Crippen LogP contribution in [0.3, 0.4) is 0 Å². The second kappa shape index (κ2) is 2.46. The van der Waals surface area contributed by atoms with E-state index in [-0.39, 0.29) is 5.06 Å². The van der Waals surface area contributed by atoms with Crippen LogP contribution in [0.25, 0.3) is 0 Å². The Morgan fingerprint density at radius 2 is 2.27 bits per heavy atom. The monoisotopic (exact) mass is 159 g/mol. The molecule has 0 bridgehead atoms. The summed E-state index contributed by atoms with van der Waals surface area (Å²) >= 11 is 0. The van der Waals surface area contributed by atoms with Crippen molar-refractivity contribution in [2.75, 3.05) is 0 Å². The van der Waals surface area contributed by atoms with Crippen molar-refractivity contribution in [3.8, 4) is 0 Å². The lowest BCUT2D eigenvalue weighted by molar-refractivity contribution is -0.901. The Balaban J connectivity index is 2.71. The quantitative estimate of drug-likeness (QED) is 0.502. The molecule has 11 heavy (non-hydrogen) atoms. The number of rotatable bonds is 1. The standard InChI is InChI=1S/C7H13NO3/c1-7(2)4-3-5(6(9)10)8(7)11/h5,8H,3-4H2,1-2H3,(H,9,10)/t5-/m0/s1. The van der Waals surface area contributed by atoms with E-state index in [4.69, 9.17) is 5.11 Å². The first-order chi connectivity index (χ1) is 4.95. The zero-order chi connectivity index (χ0) is 8.65. The minimum absolute atomic E-state index is 0.120. The second-order valence-corrected chi connectivity index (χ2v) is 3.68. The topological polar surface area (TPSA) is 64.8 Å². The van der Waals surface area contributed by atoms with E-state index in [0.29, 0.717) is 12.8 Å². The maximum atomic E-state index is 11.3. The fraction of sp³-hybridized carbons (Fsp3) is 0.857. The predicted molar refractivity (Wildman–Crippen MR) is 39.1 cm³/mol. The van der Waals surface area contributed by atoms with Gasteiger partial charge in [-0.25, -0.2) is 4.79 Å². The zero-order valence-corrected chi connectivity index (χ0v) is 6.76. The number of nitrogens with one attached hydrogen (secondary N) is 1. The molecule has 1 unspecified atom stereocenters. The van der Waals surface area contributed by atoms with Crippen molar-refractivity contribution >= 4 is 5.97 Å². The van der Waals surface area contributed by atoms with Crippen LogP contribution in [-0.4, -0.2) is 22.7 Å². The molecule has 64 valence electrons. The maximum absolute atomic E-state index is 11.3. The normalized spacial score (nSPS) is 35.5. The summed E-state index contributed by atoms with van der Waals surface area (Å²) in [5, 5.41) is 19.8. The molecular weight excluding hydrogens is 146 g/mol. The Kier molecular flexibility index (Phi) is 1.90. The molecule has 0 saturated carbocycles. The van der Waals surface area contributed by atoms with Crippen LogP contribution in [0.5, 0.6) is 0 Å². The van der Waals surface area contributed by atoms with Crippen LogP contribution in [0, 0.1) is 5.21 Å². The summed E-state index contributed by atoms with van der Waals surface area (Å²) < 4.78 is 0. The Bertz CT molecular complexity index is 179. The van der Waals surface area contributed by atoms with Gasteiger partial charge in [0, 0.05) is 12.8 Å². The summed E-state index contributed by atoms with van der Waals surface area (Å²) in [4.78, 5) is 10.5. The van der Waals surface area contributed by atoms with Gasteiger partial charge in [-0.3, -0.25) is 0 Å². The van der Waals surface area contributed by atoms with E-state index in [1.807, 2.05) is 0 Å². The van der Waals surface area contributed by atoms with Crippen molar-refractivity contribution in [1.29, 1.82) is 0 Å².